The summed E-state index contributed by atoms with van der Waals surface area (Å²) >= 11 is 0. The Morgan fingerprint density at radius 2 is 1.81 bits per heavy atom. The number of oxime groups is 2. The molecule has 4 aliphatic rings. The van der Waals surface area contributed by atoms with Gasteiger partial charge >= 0.3 is 0 Å². The molecule has 0 radical (unpaired) electrons. The van der Waals surface area contributed by atoms with Crippen LogP contribution in [0.3, 0.4) is 0 Å². The summed E-state index contributed by atoms with van der Waals surface area (Å²) < 4.78 is 0. The fourth-order valence-corrected chi connectivity index (χ4v) is 7.65. The van der Waals surface area contributed by atoms with E-state index in [1.54, 1.807) is 19.8 Å². The minimum Gasteiger partial charge on any atom is -0.399 e. The lowest BCUT2D eigenvalue weighted by atomic mass is 9.46. The van der Waals surface area contributed by atoms with E-state index in [9.17, 15) is 0 Å². The zero-order valence-electron chi connectivity index (χ0n) is 17.8. The second kappa shape index (κ2) is 6.93. The van der Waals surface area contributed by atoms with Gasteiger partial charge in [-0.3, -0.25) is 0 Å². The van der Waals surface area contributed by atoms with Gasteiger partial charge in [0.15, 0.2) is 0 Å². The Morgan fingerprint density at radius 3 is 2.56 bits per heavy atom. The van der Waals surface area contributed by atoms with Crippen molar-refractivity contribution >= 4 is 11.4 Å². The van der Waals surface area contributed by atoms with E-state index in [4.69, 9.17) is 9.68 Å². The minimum atomic E-state index is 0.366. The molecule has 0 bridgehead atoms. The van der Waals surface area contributed by atoms with Gasteiger partial charge in [-0.25, -0.2) is 0 Å². The van der Waals surface area contributed by atoms with Crippen LogP contribution < -0.4 is 0 Å². The van der Waals surface area contributed by atoms with Crippen molar-refractivity contribution in [2.24, 2.45) is 44.8 Å². The van der Waals surface area contributed by atoms with Gasteiger partial charge in [0.2, 0.25) is 0 Å². The van der Waals surface area contributed by atoms with Crippen LogP contribution in [0.5, 0.6) is 0 Å². The predicted octanol–water partition coefficient (Wildman–Crippen LogP) is 5.59. The van der Waals surface area contributed by atoms with Gasteiger partial charge in [0, 0.05) is 5.92 Å². The maximum absolute atomic E-state index is 5.12. The third-order valence-corrected chi connectivity index (χ3v) is 8.93. The van der Waals surface area contributed by atoms with Gasteiger partial charge in [0.25, 0.3) is 0 Å². The zero-order chi connectivity index (χ0) is 19.2. The molecule has 0 spiro atoms. The first-order valence-corrected chi connectivity index (χ1v) is 10.8. The maximum Gasteiger partial charge on any atom is 0.106 e. The Labute approximate surface area is 164 Å². The Balaban J connectivity index is 1.61. The van der Waals surface area contributed by atoms with E-state index in [0.717, 1.165) is 29.9 Å². The van der Waals surface area contributed by atoms with E-state index in [1.807, 2.05) is 0 Å². The molecule has 0 heterocycles. The number of fused-ring (bicyclic) bond motifs is 5. The summed E-state index contributed by atoms with van der Waals surface area (Å²) in [6, 6.07) is 0. The lowest BCUT2D eigenvalue weighted by Gasteiger charge is -2.58. The lowest BCUT2D eigenvalue weighted by Crippen LogP contribution is -2.51. The molecule has 0 aromatic rings. The van der Waals surface area contributed by atoms with Crippen molar-refractivity contribution in [1.29, 1.82) is 0 Å². The number of rotatable bonds is 3. The van der Waals surface area contributed by atoms with Gasteiger partial charge < -0.3 is 9.68 Å². The van der Waals surface area contributed by atoms with E-state index < -0.39 is 0 Å². The summed E-state index contributed by atoms with van der Waals surface area (Å²) in [7, 11) is 3.33. The second-order valence-electron chi connectivity index (χ2n) is 9.86. The quantitative estimate of drug-likeness (QED) is 0.479. The van der Waals surface area contributed by atoms with Crippen LogP contribution in [0.4, 0.5) is 0 Å². The van der Waals surface area contributed by atoms with E-state index in [-0.39, 0.29) is 0 Å². The van der Waals surface area contributed by atoms with Crippen molar-refractivity contribution < 1.29 is 9.68 Å². The average molecular weight is 373 g/mol. The Bertz CT molecular complexity index is 682. The molecule has 4 heteroatoms. The van der Waals surface area contributed by atoms with Crippen molar-refractivity contribution in [2.75, 3.05) is 14.2 Å². The molecule has 27 heavy (non-hydrogen) atoms. The predicted molar refractivity (Wildman–Crippen MR) is 110 cm³/mol. The van der Waals surface area contributed by atoms with Crippen molar-refractivity contribution in [1.82, 2.24) is 0 Å². The molecule has 4 rings (SSSR count). The van der Waals surface area contributed by atoms with Crippen molar-refractivity contribution in [3.05, 3.63) is 11.6 Å². The first-order valence-electron chi connectivity index (χ1n) is 10.8. The maximum atomic E-state index is 5.12. The fourth-order valence-electron chi connectivity index (χ4n) is 7.65. The fraction of sp³-hybridized carbons (Fsp3) is 0.826. The highest BCUT2D eigenvalue weighted by molar-refractivity contribution is 5.96. The average Bonchev–Trinajstić information content (AvgIpc) is 3.00. The summed E-state index contributed by atoms with van der Waals surface area (Å²) in [5, 5.41) is 8.57. The van der Waals surface area contributed by atoms with Crippen LogP contribution in [-0.4, -0.2) is 25.6 Å². The molecule has 4 aliphatic carbocycles. The molecule has 150 valence electrons. The van der Waals surface area contributed by atoms with Crippen LogP contribution in [0.2, 0.25) is 0 Å². The van der Waals surface area contributed by atoms with Crippen molar-refractivity contribution in [3.8, 4) is 0 Å². The van der Waals surface area contributed by atoms with Gasteiger partial charge in [-0.15, -0.1) is 0 Å². The third-order valence-electron chi connectivity index (χ3n) is 8.93. The summed E-state index contributed by atoms with van der Waals surface area (Å²) in [5.41, 5.74) is 4.76. The van der Waals surface area contributed by atoms with E-state index in [0.29, 0.717) is 16.7 Å². The molecule has 0 aliphatic heterocycles. The Hall–Kier alpha value is -1.32. The molecule has 4 nitrogen and oxygen atoms in total. The van der Waals surface area contributed by atoms with Gasteiger partial charge in [-0.05, 0) is 93.0 Å². The number of nitrogens with zero attached hydrogens (tertiary/aromatic N) is 2. The first kappa shape index (κ1) is 19.0. The monoisotopic (exact) mass is 372 g/mol. The molecule has 0 saturated heterocycles. The highest BCUT2D eigenvalue weighted by Crippen LogP contribution is 2.66. The SMILES string of the molecule is CO/N=C1/C=C2CCC3C(CCC4(C)C(/C(C)=N/OC)CCC34)C2(C)CC1. The van der Waals surface area contributed by atoms with Crippen LogP contribution in [-0.2, 0) is 9.68 Å². The van der Waals surface area contributed by atoms with Crippen LogP contribution >= 0.6 is 0 Å². The molecule has 6 unspecified atom stereocenters. The normalized spacial score (nSPS) is 45.6. The largest absolute Gasteiger partial charge is 0.399 e. The van der Waals surface area contributed by atoms with Gasteiger partial charge in [-0.2, -0.15) is 0 Å². The van der Waals surface area contributed by atoms with Crippen LogP contribution in [0.15, 0.2) is 22.0 Å². The molecule has 3 fully saturated rings. The van der Waals surface area contributed by atoms with E-state index in [1.165, 1.54) is 50.7 Å². The number of allylic oxidation sites excluding steroid dienone is 2. The van der Waals surface area contributed by atoms with Gasteiger partial charge in [-0.1, -0.05) is 29.7 Å². The molecule has 0 aromatic heterocycles. The molecule has 0 N–H and O–H groups in total. The summed E-state index contributed by atoms with van der Waals surface area (Å²) in [6.07, 6.45) is 12.6. The van der Waals surface area contributed by atoms with E-state index in [2.05, 4.69) is 37.2 Å². The molecular weight excluding hydrogens is 336 g/mol. The van der Waals surface area contributed by atoms with Gasteiger partial charge in [0.1, 0.15) is 14.2 Å². The smallest absolute Gasteiger partial charge is 0.106 e. The van der Waals surface area contributed by atoms with Crippen LogP contribution in [0.1, 0.15) is 72.1 Å². The Morgan fingerprint density at radius 1 is 1.00 bits per heavy atom. The summed E-state index contributed by atoms with van der Waals surface area (Å²) in [6.45, 7) is 7.28. The van der Waals surface area contributed by atoms with Gasteiger partial charge in [0.05, 0.1) is 11.4 Å². The standard InChI is InChI=1S/C23H36N2O2/c1-15(24-26-4)19-8-9-20-18-7-6-16-14-17(25-27-5)10-12-22(16,2)21(18)11-13-23(19,20)3/h14,18-21H,6-13H2,1-5H3/b24-15+,25-17+. The van der Waals surface area contributed by atoms with E-state index >= 15 is 0 Å². The Kier molecular flexibility index (Phi) is 4.88. The minimum absolute atomic E-state index is 0.366. The van der Waals surface area contributed by atoms with Crippen LogP contribution in [0.25, 0.3) is 0 Å². The lowest BCUT2D eigenvalue weighted by molar-refractivity contribution is -0.0411. The summed E-state index contributed by atoms with van der Waals surface area (Å²) in [5.74, 6) is 3.14. The van der Waals surface area contributed by atoms with Crippen LogP contribution in [0, 0.1) is 34.5 Å². The molecular formula is C23H36N2O2. The highest BCUT2D eigenvalue weighted by Gasteiger charge is 2.59. The molecule has 0 aromatic carbocycles. The zero-order valence-corrected chi connectivity index (χ0v) is 17.8. The second-order valence-corrected chi connectivity index (χ2v) is 9.86. The summed E-state index contributed by atoms with van der Waals surface area (Å²) in [4.78, 5) is 10.2. The highest BCUT2D eigenvalue weighted by atomic mass is 16.6. The third kappa shape index (κ3) is 2.86. The molecule has 6 atom stereocenters. The number of hydrogen-bond acceptors (Lipinski definition) is 4. The first-order chi connectivity index (χ1) is 12.9. The molecule has 3 saturated carbocycles. The molecule has 0 amide bonds. The van der Waals surface area contributed by atoms with Crippen molar-refractivity contribution in [3.63, 3.8) is 0 Å². The van der Waals surface area contributed by atoms with Crippen molar-refractivity contribution in [2.45, 2.75) is 72.1 Å². The number of hydrogen-bond donors (Lipinski definition) is 0. The topological polar surface area (TPSA) is 43.2 Å².